The van der Waals surface area contributed by atoms with Gasteiger partial charge in [-0.25, -0.2) is 12.8 Å². The maximum atomic E-state index is 13.7. The van der Waals surface area contributed by atoms with Gasteiger partial charge in [0, 0.05) is 19.1 Å². The molecule has 2 heterocycles. The summed E-state index contributed by atoms with van der Waals surface area (Å²) in [6.45, 7) is 1.90. The molecule has 2 atom stereocenters. The third-order valence-corrected chi connectivity index (χ3v) is 5.97. The SMILES string of the molecule is Cl.O=S(=O)(c1ccccc1F)N1CCC2NCCC2C1. The summed E-state index contributed by atoms with van der Waals surface area (Å²) in [5, 5.41) is 3.39. The van der Waals surface area contributed by atoms with E-state index in [1.807, 2.05) is 0 Å². The molecule has 0 aromatic heterocycles. The van der Waals surface area contributed by atoms with Gasteiger partial charge in [-0.1, -0.05) is 12.1 Å². The van der Waals surface area contributed by atoms with Crippen molar-refractivity contribution < 1.29 is 12.8 Å². The fourth-order valence-corrected chi connectivity index (χ4v) is 4.60. The van der Waals surface area contributed by atoms with E-state index in [2.05, 4.69) is 5.32 Å². The average molecular weight is 321 g/mol. The highest BCUT2D eigenvalue weighted by molar-refractivity contribution is 7.89. The van der Waals surface area contributed by atoms with Crippen LogP contribution < -0.4 is 5.32 Å². The summed E-state index contributed by atoms with van der Waals surface area (Å²) in [6.07, 6.45) is 1.80. The number of nitrogens with one attached hydrogen (secondary N) is 1. The summed E-state index contributed by atoms with van der Waals surface area (Å²) in [5.41, 5.74) is 0. The van der Waals surface area contributed by atoms with E-state index in [0.29, 0.717) is 25.0 Å². The zero-order valence-electron chi connectivity index (χ0n) is 11.0. The van der Waals surface area contributed by atoms with E-state index in [0.717, 1.165) is 19.4 Å². The lowest BCUT2D eigenvalue weighted by Crippen LogP contribution is -2.46. The normalized spacial score (nSPS) is 26.9. The van der Waals surface area contributed by atoms with E-state index in [4.69, 9.17) is 0 Å². The van der Waals surface area contributed by atoms with Crippen molar-refractivity contribution in [2.45, 2.75) is 23.8 Å². The van der Waals surface area contributed by atoms with Gasteiger partial charge in [-0.2, -0.15) is 4.31 Å². The van der Waals surface area contributed by atoms with Gasteiger partial charge in [0.25, 0.3) is 0 Å². The van der Waals surface area contributed by atoms with Gasteiger partial charge in [-0.3, -0.25) is 0 Å². The second-order valence-corrected chi connectivity index (χ2v) is 7.10. The number of hydrogen-bond acceptors (Lipinski definition) is 3. The first kappa shape index (κ1) is 15.7. The van der Waals surface area contributed by atoms with Crippen molar-refractivity contribution in [2.24, 2.45) is 5.92 Å². The molecule has 112 valence electrons. The minimum atomic E-state index is -3.70. The number of halogens is 2. The monoisotopic (exact) mass is 320 g/mol. The van der Waals surface area contributed by atoms with Gasteiger partial charge < -0.3 is 5.32 Å². The molecule has 2 fully saturated rings. The zero-order chi connectivity index (χ0) is 13.5. The lowest BCUT2D eigenvalue weighted by molar-refractivity contribution is 0.246. The molecule has 2 aliphatic heterocycles. The Labute approximate surface area is 124 Å². The van der Waals surface area contributed by atoms with Gasteiger partial charge in [0.05, 0.1) is 0 Å². The zero-order valence-corrected chi connectivity index (χ0v) is 12.6. The number of benzene rings is 1. The van der Waals surface area contributed by atoms with Gasteiger partial charge in [0.15, 0.2) is 0 Å². The molecule has 1 aromatic carbocycles. The fraction of sp³-hybridized carbons (Fsp3) is 0.538. The van der Waals surface area contributed by atoms with E-state index < -0.39 is 15.8 Å². The van der Waals surface area contributed by atoms with Gasteiger partial charge in [-0.15, -0.1) is 12.4 Å². The van der Waals surface area contributed by atoms with Crippen molar-refractivity contribution in [1.29, 1.82) is 0 Å². The summed E-state index contributed by atoms with van der Waals surface area (Å²) < 4.78 is 40.0. The Kier molecular flexibility index (Phi) is 4.69. The van der Waals surface area contributed by atoms with Crippen molar-refractivity contribution in [1.82, 2.24) is 9.62 Å². The molecular weight excluding hydrogens is 303 g/mol. The van der Waals surface area contributed by atoms with Gasteiger partial charge in [0.1, 0.15) is 10.7 Å². The van der Waals surface area contributed by atoms with Crippen LogP contribution in [0.5, 0.6) is 0 Å². The molecule has 0 amide bonds. The van der Waals surface area contributed by atoms with Gasteiger partial charge in [-0.05, 0) is 37.4 Å². The molecule has 4 nitrogen and oxygen atoms in total. The highest BCUT2D eigenvalue weighted by Crippen LogP contribution is 2.29. The van der Waals surface area contributed by atoms with Crippen LogP contribution in [0.4, 0.5) is 4.39 Å². The Morgan fingerprint density at radius 1 is 1.25 bits per heavy atom. The van der Waals surface area contributed by atoms with Crippen LogP contribution in [0.3, 0.4) is 0 Å². The summed E-state index contributed by atoms with van der Waals surface area (Å²) >= 11 is 0. The fourth-order valence-electron chi connectivity index (χ4n) is 3.03. The Bertz CT molecular complexity index is 581. The molecule has 2 saturated heterocycles. The Hall–Kier alpha value is -0.690. The lowest BCUT2D eigenvalue weighted by atomic mass is 9.95. The lowest BCUT2D eigenvalue weighted by Gasteiger charge is -2.34. The largest absolute Gasteiger partial charge is 0.314 e. The van der Waals surface area contributed by atoms with E-state index in [1.54, 1.807) is 6.07 Å². The summed E-state index contributed by atoms with van der Waals surface area (Å²) in [4.78, 5) is -0.209. The Balaban J connectivity index is 0.00000147. The van der Waals surface area contributed by atoms with Crippen molar-refractivity contribution in [2.75, 3.05) is 19.6 Å². The van der Waals surface area contributed by atoms with E-state index >= 15 is 0 Å². The summed E-state index contributed by atoms with van der Waals surface area (Å²) in [7, 11) is -3.70. The molecule has 0 bridgehead atoms. The predicted octanol–water partition coefficient (Wildman–Crippen LogP) is 1.62. The number of fused-ring (bicyclic) bond motifs is 1. The van der Waals surface area contributed by atoms with Crippen LogP contribution in [-0.4, -0.2) is 38.4 Å². The first-order valence-electron chi connectivity index (χ1n) is 6.57. The maximum Gasteiger partial charge on any atom is 0.245 e. The van der Waals surface area contributed by atoms with Crippen molar-refractivity contribution in [3.05, 3.63) is 30.1 Å². The second kappa shape index (κ2) is 5.97. The number of nitrogens with zero attached hydrogens (tertiary/aromatic N) is 1. The van der Waals surface area contributed by atoms with Crippen molar-refractivity contribution in [3.8, 4) is 0 Å². The van der Waals surface area contributed by atoms with E-state index in [-0.39, 0.29) is 17.3 Å². The average Bonchev–Trinajstić information content (AvgIpc) is 2.86. The topological polar surface area (TPSA) is 49.4 Å². The van der Waals surface area contributed by atoms with Crippen LogP contribution in [0.2, 0.25) is 0 Å². The van der Waals surface area contributed by atoms with Crippen LogP contribution >= 0.6 is 12.4 Å². The molecule has 0 spiro atoms. The molecule has 20 heavy (non-hydrogen) atoms. The maximum absolute atomic E-state index is 13.7. The Morgan fingerprint density at radius 2 is 2.00 bits per heavy atom. The molecule has 1 N–H and O–H groups in total. The highest BCUT2D eigenvalue weighted by atomic mass is 35.5. The molecule has 0 saturated carbocycles. The van der Waals surface area contributed by atoms with Crippen LogP contribution in [0.25, 0.3) is 0 Å². The summed E-state index contributed by atoms with van der Waals surface area (Å²) in [6, 6.07) is 6.01. The first-order chi connectivity index (χ1) is 9.09. The van der Waals surface area contributed by atoms with Crippen LogP contribution in [-0.2, 0) is 10.0 Å². The predicted molar refractivity (Wildman–Crippen MR) is 76.9 cm³/mol. The highest BCUT2D eigenvalue weighted by Gasteiger charge is 2.38. The Morgan fingerprint density at radius 3 is 2.75 bits per heavy atom. The molecule has 2 unspecified atom stereocenters. The van der Waals surface area contributed by atoms with E-state index in [1.165, 1.54) is 22.5 Å². The molecule has 2 aliphatic rings. The first-order valence-corrected chi connectivity index (χ1v) is 8.01. The molecule has 1 aromatic rings. The number of hydrogen-bond donors (Lipinski definition) is 1. The number of piperidine rings is 1. The smallest absolute Gasteiger partial charge is 0.245 e. The van der Waals surface area contributed by atoms with Gasteiger partial charge in [0.2, 0.25) is 10.0 Å². The molecule has 7 heteroatoms. The molecule has 0 aliphatic carbocycles. The van der Waals surface area contributed by atoms with Crippen LogP contribution in [0, 0.1) is 11.7 Å². The molecule has 0 radical (unpaired) electrons. The standard InChI is InChI=1S/C13H17FN2O2S.ClH/c14-11-3-1-2-4-13(11)19(17,18)16-8-6-12-10(9-16)5-7-15-12;/h1-4,10,12,15H,5-9H2;1H. The van der Waals surface area contributed by atoms with Crippen LogP contribution in [0.15, 0.2) is 29.2 Å². The van der Waals surface area contributed by atoms with Gasteiger partial charge >= 0.3 is 0 Å². The minimum absolute atomic E-state index is 0. The number of rotatable bonds is 2. The van der Waals surface area contributed by atoms with E-state index in [9.17, 15) is 12.8 Å². The quantitative estimate of drug-likeness (QED) is 0.901. The second-order valence-electron chi connectivity index (χ2n) is 5.19. The summed E-state index contributed by atoms with van der Waals surface area (Å²) in [5.74, 6) is -0.315. The molecular formula is C13H18ClFN2O2S. The minimum Gasteiger partial charge on any atom is -0.314 e. The third kappa shape index (κ3) is 2.70. The third-order valence-electron chi connectivity index (χ3n) is 4.07. The van der Waals surface area contributed by atoms with Crippen molar-refractivity contribution >= 4 is 22.4 Å². The number of sulfonamides is 1. The van der Waals surface area contributed by atoms with Crippen molar-refractivity contribution in [3.63, 3.8) is 0 Å². The molecule has 3 rings (SSSR count). The van der Waals surface area contributed by atoms with Crippen LogP contribution in [0.1, 0.15) is 12.8 Å².